The molecule has 0 fully saturated rings. The molecule has 1 heterocycles. The average molecular weight is 459 g/mol. The number of benzene rings is 3. The average Bonchev–Trinajstić information content (AvgIpc) is 2.82. The van der Waals surface area contributed by atoms with E-state index in [-0.39, 0.29) is 18.0 Å². The molecule has 164 valence electrons. The van der Waals surface area contributed by atoms with Crippen LogP contribution in [0.25, 0.3) is 22.2 Å². The number of nitrogens with two attached hydrogens (primary N) is 1. The van der Waals surface area contributed by atoms with E-state index in [9.17, 15) is 14.4 Å². The number of amides is 3. The van der Waals surface area contributed by atoms with Crippen molar-refractivity contribution in [1.82, 2.24) is 10.3 Å². The first-order chi connectivity index (χ1) is 15.9. The summed E-state index contributed by atoms with van der Waals surface area (Å²) in [5.41, 5.74) is 8.36. The van der Waals surface area contributed by atoms with Gasteiger partial charge in [0.25, 0.3) is 11.8 Å². The number of para-hydroxylation sites is 1. The standard InChI is InChI=1S/C25H19ClN4O3/c26-17-10-8-15(9-11-17)22-13-20(19-6-1-2-7-21(19)30-22)25(33)29-18-5-3-4-16(12-18)24(32)28-14-23(27)31/h1-13H,14H2,(H2,27,31)(H,28,32)(H,29,33). The lowest BCUT2D eigenvalue weighted by atomic mass is 10.0. The van der Waals surface area contributed by atoms with Crippen molar-refractivity contribution < 1.29 is 14.4 Å². The molecular formula is C25H19ClN4O3. The molecule has 0 aliphatic carbocycles. The van der Waals surface area contributed by atoms with Crippen LogP contribution in [0.1, 0.15) is 20.7 Å². The zero-order valence-electron chi connectivity index (χ0n) is 17.3. The third kappa shape index (κ3) is 5.16. The number of nitrogens with one attached hydrogen (secondary N) is 2. The maximum atomic E-state index is 13.2. The first-order valence-electron chi connectivity index (χ1n) is 10.0. The maximum Gasteiger partial charge on any atom is 0.256 e. The minimum absolute atomic E-state index is 0.272. The van der Waals surface area contributed by atoms with E-state index in [1.165, 1.54) is 6.07 Å². The van der Waals surface area contributed by atoms with E-state index in [4.69, 9.17) is 17.3 Å². The lowest BCUT2D eigenvalue weighted by molar-refractivity contribution is -0.117. The maximum absolute atomic E-state index is 13.2. The third-order valence-electron chi connectivity index (χ3n) is 4.91. The Hall–Kier alpha value is -4.23. The quantitative estimate of drug-likeness (QED) is 0.404. The Bertz CT molecular complexity index is 1370. The van der Waals surface area contributed by atoms with E-state index in [2.05, 4.69) is 15.6 Å². The number of primary amides is 1. The number of carbonyl (C=O) groups excluding carboxylic acids is 3. The lowest BCUT2D eigenvalue weighted by Gasteiger charge is -2.12. The molecule has 0 radical (unpaired) electrons. The molecule has 4 rings (SSSR count). The zero-order chi connectivity index (χ0) is 23.4. The first-order valence-corrected chi connectivity index (χ1v) is 10.4. The van der Waals surface area contributed by atoms with Crippen LogP contribution in [-0.4, -0.2) is 29.3 Å². The number of pyridine rings is 1. The van der Waals surface area contributed by atoms with Crippen LogP contribution in [0.2, 0.25) is 5.02 Å². The van der Waals surface area contributed by atoms with Crippen LogP contribution in [-0.2, 0) is 4.79 Å². The second-order valence-corrected chi connectivity index (χ2v) is 7.70. The van der Waals surface area contributed by atoms with Gasteiger partial charge in [-0.2, -0.15) is 0 Å². The van der Waals surface area contributed by atoms with Crippen molar-refractivity contribution in [3.05, 3.63) is 95.0 Å². The molecule has 4 aromatic rings. The molecule has 0 saturated heterocycles. The minimum atomic E-state index is -0.645. The fraction of sp³-hybridized carbons (Fsp3) is 0.0400. The van der Waals surface area contributed by atoms with E-state index < -0.39 is 11.8 Å². The van der Waals surface area contributed by atoms with E-state index in [0.717, 1.165) is 5.56 Å². The predicted molar refractivity (Wildman–Crippen MR) is 128 cm³/mol. The van der Waals surface area contributed by atoms with Gasteiger partial charge in [0.15, 0.2) is 0 Å². The normalized spacial score (nSPS) is 10.6. The highest BCUT2D eigenvalue weighted by Crippen LogP contribution is 2.26. The minimum Gasteiger partial charge on any atom is -0.368 e. The highest BCUT2D eigenvalue weighted by Gasteiger charge is 2.15. The molecule has 4 N–H and O–H groups in total. The molecule has 0 unspecified atom stereocenters. The molecule has 1 aromatic heterocycles. The van der Waals surface area contributed by atoms with Crippen LogP contribution < -0.4 is 16.4 Å². The molecule has 3 amide bonds. The smallest absolute Gasteiger partial charge is 0.256 e. The number of rotatable bonds is 6. The number of hydrogen-bond acceptors (Lipinski definition) is 4. The SMILES string of the molecule is NC(=O)CNC(=O)c1cccc(NC(=O)c2cc(-c3ccc(Cl)cc3)nc3ccccc23)c1. The number of aromatic nitrogens is 1. The van der Waals surface area contributed by atoms with Crippen molar-refractivity contribution in [3.63, 3.8) is 0 Å². The predicted octanol–water partition coefficient (Wildman–Crippen LogP) is 4.02. The van der Waals surface area contributed by atoms with E-state index in [1.807, 2.05) is 36.4 Å². The van der Waals surface area contributed by atoms with Crippen LogP contribution >= 0.6 is 11.6 Å². The first kappa shape index (κ1) is 22.0. The van der Waals surface area contributed by atoms with Gasteiger partial charge in [-0.25, -0.2) is 4.98 Å². The Balaban J connectivity index is 1.66. The van der Waals surface area contributed by atoms with E-state index in [1.54, 1.807) is 36.4 Å². The van der Waals surface area contributed by atoms with Gasteiger partial charge in [-0.1, -0.05) is 48.0 Å². The molecule has 0 aliphatic rings. The molecule has 0 spiro atoms. The summed E-state index contributed by atoms with van der Waals surface area (Å²) in [5.74, 6) is -1.46. The molecule has 3 aromatic carbocycles. The number of hydrogen-bond donors (Lipinski definition) is 3. The largest absolute Gasteiger partial charge is 0.368 e. The summed E-state index contributed by atoms with van der Waals surface area (Å²) in [6.07, 6.45) is 0. The van der Waals surface area contributed by atoms with Crippen molar-refractivity contribution in [3.8, 4) is 11.3 Å². The van der Waals surface area contributed by atoms with Crippen LogP contribution in [0, 0.1) is 0 Å². The summed E-state index contributed by atoms with van der Waals surface area (Å²) >= 11 is 6.00. The summed E-state index contributed by atoms with van der Waals surface area (Å²) < 4.78 is 0. The van der Waals surface area contributed by atoms with Gasteiger partial charge in [-0.3, -0.25) is 14.4 Å². The number of anilines is 1. The van der Waals surface area contributed by atoms with Crippen molar-refractivity contribution in [2.75, 3.05) is 11.9 Å². The number of fused-ring (bicyclic) bond motifs is 1. The zero-order valence-corrected chi connectivity index (χ0v) is 18.1. The van der Waals surface area contributed by atoms with Gasteiger partial charge < -0.3 is 16.4 Å². The Morgan fingerprint density at radius 3 is 2.39 bits per heavy atom. The fourth-order valence-corrected chi connectivity index (χ4v) is 3.46. The number of halogens is 1. The molecule has 0 aliphatic heterocycles. The van der Waals surface area contributed by atoms with Crippen molar-refractivity contribution in [2.24, 2.45) is 5.73 Å². The number of nitrogens with zero attached hydrogens (tertiary/aromatic N) is 1. The van der Waals surface area contributed by atoms with Gasteiger partial charge in [0.05, 0.1) is 23.3 Å². The van der Waals surface area contributed by atoms with Crippen LogP contribution in [0.4, 0.5) is 5.69 Å². The van der Waals surface area contributed by atoms with Crippen molar-refractivity contribution in [1.29, 1.82) is 0 Å². The van der Waals surface area contributed by atoms with Gasteiger partial charge >= 0.3 is 0 Å². The molecule has 7 nitrogen and oxygen atoms in total. The van der Waals surface area contributed by atoms with Gasteiger partial charge in [0.2, 0.25) is 5.91 Å². The molecule has 0 saturated carbocycles. The molecular weight excluding hydrogens is 440 g/mol. The highest BCUT2D eigenvalue weighted by molar-refractivity contribution is 6.30. The second-order valence-electron chi connectivity index (χ2n) is 7.26. The Kier molecular flexibility index (Phi) is 6.33. The van der Waals surface area contributed by atoms with Crippen LogP contribution in [0.15, 0.2) is 78.9 Å². The third-order valence-corrected chi connectivity index (χ3v) is 5.16. The van der Waals surface area contributed by atoms with Crippen LogP contribution in [0.3, 0.4) is 0 Å². The van der Waals surface area contributed by atoms with Gasteiger partial charge in [0.1, 0.15) is 0 Å². The summed E-state index contributed by atoms with van der Waals surface area (Å²) in [5, 5.41) is 6.57. The summed E-state index contributed by atoms with van der Waals surface area (Å²) in [6.45, 7) is -0.272. The molecule has 0 bridgehead atoms. The summed E-state index contributed by atoms with van der Waals surface area (Å²) in [7, 11) is 0. The fourth-order valence-electron chi connectivity index (χ4n) is 3.34. The summed E-state index contributed by atoms with van der Waals surface area (Å²) in [4.78, 5) is 41.0. The monoisotopic (exact) mass is 458 g/mol. The van der Waals surface area contributed by atoms with Crippen molar-refractivity contribution in [2.45, 2.75) is 0 Å². The van der Waals surface area contributed by atoms with Gasteiger partial charge in [0, 0.05) is 27.2 Å². The Morgan fingerprint density at radius 2 is 1.64 bits per heavy atom. The highest BCUT2D eigenvalue weighted by atomic mass is 35.5. The van der Waals surface area contributed by atoms with Crippen LogP contribution in [0.5, 0.6) is 0 Å². The van der Waals surface area contributed by atoms with E-state index in [0.29, 0.717) is 32.9 Å². The lowest BCUT2D eigenvalue weighted by Crippen LogP contribution is -2.33. The van der Waals surface area contributed by atoms with E-state index >= 15 is 0 Å². The Morgan fingerprint density at radius 1 is 0.879 bits per heavy atom. The van der Waals surface area contributed by atoms with Gasteiger partial charge in [-0.15, -0.1) is 0 Å². The van der Waals surface area contributed by atoms with Crippen molar-refractivity contribution >= 4 is 45.9 Å². The molecule has 33 heavy (non-hydrogen) atoms. The molecule has 0 atom stereocenters. The summed E-state index contributed by atoms with van der Waals surface area (Å²) in [6, 6.07) is 22.7. The number of carbonyl (C=O) groups is 3. The Labute approximate surface area is 194 Å². The topological polar surface area (TPSA) is 114 Å². The van der Waals surface area contributed by atoms with Gasteiger partial charge in [-0.05, 0) is 42.5 Å². The second kappa shape index (κ2) is 9.50. The molecule has 8 heteroatoms.